The minimum Gasteiger partial charge on any atom is -0.384 e. The third-order valence-corrected chi connectivity index (χ3v) is 4.06. The third kappa shape index (κ3) is 3.21. The van der Waals surface area contributed by atoms with E-state index in [1.807, 2.05) is 17.0 Å². The SMILES string of the molecule is CCC(CC)C(=O)N1CCN(c2ccc(N)nc2)CC1. The van der Waals surface area contributed by atoms with Crippen molar-refractivity contribution in [1.82, 2.24) is 9.88 Å². The van der Waals surface area contributed by atoms with Gasteiger partial charge in [-0.2, -0.15) is 0 Å². The van der Waals surface area contributed by atoms with Gasteiger partial charge in [0.25, 0.3) is 0 Å². The first-order chi connectivity index (χ1) is 9.65. The molecule has 1 aliphatic heterocycles. The second-order valence-corrected chi connectivity index (χ2v) is 5.27. The van der Waals surface area contributed by atoms with Crippen LogP contribution in [0.3, 0.4) is 0 Å². The molecule has 1 aromatic rings. The molecule has 2 N–H and O–H groups in total. The van der Waals surface area contributed by atoms with Crippen LogP contribution in [-0.4, -0.2) is 42.0 Å². The number of anilines is 2. The van der Waals surface area contributed by atoms with E-state index in [1.54, 1.807) is 6.20 Å². The average molecular weight is 276 g/mol. The molecular weight excluding hydrogens is 252 g/mol. The second-order valence-electron chi connectivity index (χ2n) is 5.27. The second kappa shape index (κ2) is 6.59. The Labute approximate surface area is 120 Å². The zero-order chi connectivity index (χ0) is 14.5. The summed E-state index contributed by atoms with van der Waals surface area (Å²) in [6, 6.07) is 3.80. The van der Waals surface area contributed by atoms with Gasteiger partial charge >= 0.3 is 0 Å². The third-order valence-electron chi connectivity index (χ3n) is 4.06. The molecule has 0 saturated carbocycles. The number of nitrogens with zero attached hydrogens (tertiary/aromatic N) is 3. The lowest BCUT2D eigenvalue weighted by atomic mass is 10.0. The summed E-state index contributed by atoms with van der Waals surface area (Å²) in [6.45, 7) is 7.47. The van der Waals surface area contributed by atoms with Crippen LogP contribution >= 0.6 is 0 Å². The first-order valence-corrected chi connectivity index (χ1v) is 7.41. The smallest absolute Gasteiger partial charge is 0.225 e. The van der Waals surface area contributed by atoms with Crippen LogP contribution in [0.4, 0.5) is 11.5 Å². The summed E-state index contributed by atoms with van der Waals surface area (Å²) in [5.41, 5.74) is 6.68. The Morgan fingerprint density at radius 3 is 2.40 bits per heavy atom. The maximum absolute atomic E-state index is 12.3. The van der Waals surface area contributed by atoms with Crippen LogP contribution < -0.4 is 10.6 Å². The first kappa shape index (κ1) is 14.6. The number of nitrogen functional groups attached to an aromatic ring is 1. The highest BCUT2D eigenvalue weighted by Crippen LogP contribution is 2.18. The van der Waals surface area contributed by atoms with Crippen LogP contribution in [0.15, 0.2) is 18.3 Å². The Kier molecular flexibility index (Phi) is 4.82. The van der Waals surface area contributed by atoms with Crippen LogP contribution in [0.1, 0.15) is 26.7 Å². The molecule has 1 aromatic heterocycles. The number of nitrogens with two attached hydrogens (primary N) is 1. The van der Waals surface area contributed by atoms with E-state index in [9.17, 15) is 4.79 Å². The van der Waals surface area contributed by atoms with Crippen molar-refractivity contribution in [3.63, 3.8) is 0 Å². The van der Waals surface area contributed by atoms with E-state index in [2.05, 4.69) is 23.7 Å². The molecule has 2 heterocycles. The summed E-state index contributed by atoms with van der Waals surface area (Å²) < 4.78 is 0. The van der Waals surface area contributed by atoms with Crippen molar-refractivity contribution in [2.75, 3.05) is 36.8 Å². The number of hydrogen-bond donors (Lipinski definition) is 1. The molecule has 1 fully saturated rings. The molecule has 0 aromatic carbocycles. The van der Waals surface area contributed by atoms with Gasteiger partial charge in [-0.1, -0.05) is 13.8 Å². The molecule has 0 spiro atoms. The van der Waals surface area contributed by atoms with Gasteiger partial charge < -0.3 is 15.5 Å². The highest BCUT2D eigenvalue weighted by atomic mass is 16.2. The molecule has 0 atom stereocenters. The number of amides is 1. The molecule has 5 heteroatoms. The van der Waals surface area contributed by atoms with Crippen molar-refractivity contribution in [2.24, 2.45) is 5.92 Å². The van der Waals surface area contributed by atoms with E-state index >= 15 is 0 Å². The van der Waals surface area contributed by atoms with Crippen molar-refractivity contribution < 1.29 is 4.79 Å². The Hall–Kier alpha value is -1.78. The number of hydrogen-bond acceptors (Lipinski definition) is 4. The zero-order valence-corrected chi connectivity index (χ0v) is 12.4. The maximum atomic E-state index is 12.3. The van der Waals surface area contributed by atoms with E-state index < -0.39 is 0 Å². The van der Waals surface area contributed by atoms with Gasteiger partial charge in [-0.3, -0.25) is 4.79 Å². The van der Waals surface area contributed by atoms with Crippen LogP contribution in [-0.2, 0) is 4.79 Å². The summed E-state index contributed by atoms with van der Waals surface area (Å²) in [6.07, 6.45) is 3.66. The van der Waals surface area contributed by atoms with Gasteiger partial charge in [-0.15, -0.1) is 0 Å². The van der Waals surface area contributed by atoms with Gasteiger partial charge in [0, 0.05) is 32.1 Å². The predicted octanol–water partition coefficient (Wildman–Crippen LogP) is 1.75. The number of rotatable bonds is 4. The molecule has 1 aliphatic rings. The fourth-order valence-corrected chi connectivity index (χ4v) is 2.67. The predicted molar refractivity (Wildman–Crippen MR) is 81.5 cm³/mol. The highest BCUT2D eigenvalue weighted by molar-refractivity contribution is 5.79. The molecular formula is C15H24N4O. The summed E-state index contributed by atoms with van der Waals surface area (Å²) in [4.78, 5) is 20.7. The molecule has 110 valence electrons. The van der Waals surface area contributed by atoms with Crippen LogP contribution in [0.5, 0.6) is 0 Å². The Morgan fingerprint density at radius 2 is 1.90 bits per heavy atom. The molecule has 1 saturated heterocycles. The van der Waals surface area contributed by atoms with Gasteiger partial charge in [0.1, 0.15) is 5.82 Å². The van der Waals surface area contributed by atoms with E-state index in [0.29, 0.717) is 11.7 Å². The largest absolute Gasteiger partial charge is 0.384 e. The van der Waals surface area contributed by atoms with Gasteiger partial charge in [0.05, 0.1) is 11.9 Å². The van der Waals surface area contributed by atoms with Crippen molar-refractivity contribution in [1.29, 1.82) is 0 Å². The zero-order valence-electron chi connectivity index (χ0n) is 12.4. The number of piperazine rings is 1. The summed E-state index contributed by atoms with van der Waals surface area (Å²) in [7, 11) is 0. The van der Waals surface area contributed by atoms with E-state index in [1.165, 1.54) is 0 Å². The molecule has 0 radical (unpaired) electrons. The lowest BCUT2D eigenvalue weighted by Gasteiger charge is -2.37. The van der Waals surface area contributed by atoms with E-state index in [-0.39, 0.29) is 5.92 Å². The highest BCUT2D eigenvalue weighted by Gasteiger charge is 2.25. The molecule has 5 nitrogen and oxygen atoms in total. The number of pyridine rings is 1. The lowest BCUT2D eigenvalue weighted by Crippen LogP contribution is -2.50. The first-order valence-electron chi connectivity index (χ1n) is 7.41. The van der Waals surface area contributed by atoms with E-state index in [0.717, 1.165) is 44.7 Å². The minimum atomic E-state index is 0.180. The molecule has 2 rings (SSSR count). The van der Waals surface area contributed by atoms with Crippen LogP contribution in [0.25, 0.3) is 0 Å². The molecule has 0 aliphatic carbocycles. The topological polar surface area (TPSA) is 62.5 Å². The fraction of sp³-hybridized carbons (Fsp3) is 0.600. The van der Waals surface area contributed by atoms with E-state index in [4.69, 9.17) is 5.73 Å². The van der Waals surface area contributed by atoms with Crippen molar-refractivity contribution in [3.05, 3.63) is 18.3 Å². The van der Waals surface area contributed by atoms with Crippen molar-refractivity contribution in [2.45, 2.75) is 26.7 Å². The molecule has 20 heavy (non-hydrogen) atoms. The Balaban J connectivity index is 1.92. The quantitative estimate of drug-likeness (QED) is 0.910. The van der Waals surface area contributed by atoms with Crippen LogP contribution in [0.2, 0.25) is 0 Å². The van der Waals surface area contributed by atoms with Gasteiger partial charge in [-0.05, 0) is 25.0 Å². The van der Waals surface area contributed by atoms with Crippen molar-refractivity contribution in [3.8, 4) is 0 Å². The lowest BCUT2D eigenvalue weighted by molar-refractivity contribution is -0.136. The minimum absolute atomic E-state index is 0.180. The number of carbonyl (C=O) groups excluding carboxylic acids is 1. The summed E-state index contributed by atoms with van der Waals surface area (Å²) in [5, 5.41) is 0. The standard InChI is InChI=1S/C15H24N4O/c1-3-12(4-2)15(20)19-9-7-18(8-10-19)13-5-6-14(16)17-11-13/h5-6,11-12H,3-4,7-10H2,1-2H3,(H2,16,17). The molecule has 0 bridgehead atoms. The number of carbonyl (C=O) groups is 1. The van der Waals surface area contributed by atoms with Gasteiger partial charge in [-0.25, -0.2) is 4.98 Å². The summed E-state index contributed by atoms with van der Waals surface area (Å²) >= 11 is 0. The van der Waals surface area contributed by atoms with Crippen LogP contribution in [0, 0.1) is 5.92 Å². The Bertz CT molecular complexity index is 434. The average Bonchev–Trinajstić information content (AvgIpc) is 2.49. The normalized spacial score (nSPS) is 15.8. The van der Waals surface area contributed by atoms with Crippen molar-refractivity contribution >= 4 is 17.4 Å². The number of aromatic nitrogens is 1. The fourth-order valence-electron chi connectivity index (χ4n) is 2.67. The summed E-state index contributed by atoms with van der Waals surface area (Å²) in [5.74, 6) is 1.03. The van der Waals surface area contributed by atoms with Gasteiger partial charge in [0.15, 0.2) is 0 Å². The molecule has 0 unspecified atom stereocenters. The molecule has 1 amide bonds. The van der Waals surface area contributed by atoms with Gasteiger partial charge in [0.2, 0.25) is 5.91 Å². The monoisotopic (exact) mass is 276 g/mol. The Morgan fingerprint density at radius 1 is 1.25 bits per heavy atom. The maximum Gasteiger partial charge on any atom is 0.225 e.